The molecule has 4 rings (SSSR count). The monoisotopic (exact) mass is 396 g/mol. The summed E-state index contributed by atoms with van der Waals surface area (Å²) in [4.78, 5) is 18.7. The maximum absolute atomic E-state index is 13.4. The molecule has 0 N–H and O–H groups in total. The molecule has 0 unspecified atom stereocenters. The summed E-state index contributed by atoms with van der Waals surface area (Å²) in [5.41, 5.74) is 4.44. The molecule has 6 heteroatoms. The second-order valence-corrected chi connectivity index (χ2v) is 7.80. The first-order valence-corrected chi connectivity index (χ1v) is 10.1. The lowest BCUT2D eigenvalue weighted by molar-refractivity contribution is 0.0606. The van der Waals surface area contributed by atoms with Crippen molar-refractivity contribution in [2.75, 3.05) is 18.6 Å². The molecule has 1 aliphatic carbocycles. The zero-order valence-electron chi connectivity index (χ0n) is 15.8. The molecule has 1 saturated carbocycles. The summed E-state index contributed by atoms with van der Waals surface area (Å²) in [6, 6.07) is 13.1. The molecule has 0 aliphatic heterocycles. The number of aromatic nitrogens is 1. The number of carbonyl (C=O) groups excluding carboxylic acids is 1. The maximum atomic E-state index is 13.4. The van der Waals surface area contributed by atoms with Crippen LogP contribution < -0.4 is 4.90 Å². The molecule has 0 atom stereocenters. The second-order valence-electron chi connectivity index (χ2n) is 6.80. The van der Waals surface area contributed by atoms with E-state index < -0.39 is 0 Å². The number of nitrogens with zero attached hydrogens (tertiary/aromatic N) is 2. The highest BCUT2D eigenvalue weighted by Crippen LogP contribution is 2.46. The van der Waals surface area contributed by atoms with E-state index in [0.29, 0.717) is 17.3 Å². The summed E-state index contributed by atoms with van der Waals surface area (Å²) in [6.07, 6.45) is 3.94. The van der Waals surface area contributed by atoms with Gasteiger partial charge in [-0.2, -0.15) is 0 Å². The van der Waals surface area contributed by atoms with Crippen molar-refractivity contribution in [3.8, 4) is 11.1 Å². The van der Waals surface area contributed by atoms with E-state index in [4.69, 9.17) is 4.74 Å². The fraction of sp³-hybridized carbons (Fsp3) is 0.273. The number of halogens is 1. The van der Waals surface area contributed by atoms with E-state index in [-0.39, 0.29) is 11.8 Å². The summed E-state index contributed by atoms with van der Waals surface area (Å²) in [7, 11) is 1.37. The van der Waals surface area contributed by atoms with Crippen LogP contribution in [0.1, 0.15) is 40.9 Å². The highest BCUT2D eigenvalue weighted by molar-refractivity contribution is 7.17. The number of carbonyl (C=O) groups is 1. The predicted octanol–water partition coefficient (Wildman–Crippen LogP) is 5.77. The van der Waals surface area contributed by atoms with E-state index in [2.05, 4.69) is 28.1 Å². The average molecular weight is 396 g/mol. The Labute approximate surface area is 167 Å². The second kappa shape index (κ2) is 7.72. The molecule has 1 heterocycles. The molecule has 2 aromatic carbocycles. The number of ether oxygens (including phenoxy) is 1. The van der Waals surface area contributed by atoms with E-state index >= 15 is 0 Å². The zero-order chi connectivity index (χ0) is 19.7. The molecule has 28 heavy (non-hydrogen) atoms. The van der Waals surface area contributed by atoms with Gasteiger partial charge in [0.1, 0.15) is 10.7 Å². The van der Waals surface area contributed by atoms with Crippen LogP contribution in [0.25, 0.3) is 11.1 Å². The average Bonchev–Trinajstić information content (AvgIpc) is 3.46. The molecule has 0 saturated heterocycles. The zero-order valence-corrected chi connectivity index (χ0v) is 16.6. The van der Waals surface area contributed by atoms with Gasteiger partial charge < -0.3 is 9.64 Å². The van der Waals surface area contributed by atoms with Gasteiger partial charge in [0.25, 0.3) is 0 Å². The molecular formula is C22H21FN2O2S. The van der Waals surface area contributed by atoms with Crippen LogP contribution in [-0.4, -0.2) is 24.6 Å². The fourth-order valence-electron chi connectivity index (χ4n) is 3.35. The Morgan fingerprint density at radius 2 is 2.00 bits per heavy atom. The third kappa shape index (κ3) is 3.64. The minimum atomic E-state index is -0.379. The molecule has 144 valence electrons. The molecule has 0 amide bonds. The van der Waals surface area contributed by atoms with Gasteiger partial charge in [-0.1, -0.05) is 29.5 Å². The largest absolute Gasteiger partial charge is 0.465 e. The number of benzene rings is 2. The number of hydrogen-bond acceptors (Lipinski definition) is 5. The van der Waals surface area contributed by atoms with E-state index in [0.717, 1.165) is 21.9 Å². The molecule has 0 radical (unpaired) electrons. The van der Waals surface area contributed by atoms with Gasteiger partial charge in [0.15, 0.2) is 5.13 Å². The first kappa shape index (κ1) is 18.6. The normalized spacial score (nSPS) is 13.4. The highest BCUT2D eigenvalue weighted by Gasteiger charge is 2.27. The van der Waals surface area contributed by atoms with E-state index in [1.807, 2.05) is 19.1 Å². The van der Waals surface area contributed by atoms with Crippen molar-refractivity contribution in [3.05, 3.63) is 64.9 Å². The highest BCUT2D eigenvalue weighted by atomic mass is 32.1. The van der Waals surface area contributed by atoms with E-state index in [9.17, 15) is 9.18 Å². The third-order valence-corrected chi connectivity index (χ3v) is 5.95. The Morgan fingerprint density at radius 1 is 1.25 bits per heavy atom. The number of methoxy groups -OCH3 is 1. The van der Waals surface area contributed by atoms with Crippen LogP contribution >= 0.6 is 11.3 Å². The number of thiazole rings is 1. The van der Waals surface area contributed by atoms with Crippen LogP contribution in [-0.2, 0) is 4.74 Å². The first-order chi connectivity index (χ1) is 13.6. The Kier molecular flexibility index (Phi) is 5.13. The summed E-state index contributed by atoms with van der Waals surface area (Å²) in [5, 5.41) is 0.743. The molecule has 1 aromatic heterocycles. The Balaban J connectivity index is 1.74. The number of hydrogen-bond donors (Lipinski definition) is 0. The van der Waals surface area contributed by atoms with Crippen LogP contribution in [0.4, 0.5) is 15.2 Å². The lowest BCUT2D eigenvalue weighted by atomic mass is 9.96. The topological polar surface area (TPSA) is 42.4 Å². The Morgan fingerprint density at radius 3 is 2.64 bits per heavy atom. The molecule has 3 aromatic rings. The van der Waals surface area contributed by atoms with Crippen LogP contribution in [0.5, 0.6) is 0 Å². The van der Waals surface area contributed by atoms with Crippen molar-refractivity contribution < 1.29 is 13.9 Å². The minimum absolute atomic E-state index is 0.235. The standard InChI is InChI=1S/C22H21FN2O2S/c1-3-25(22-24-13-20(28-22)21(26)27-2)17-10-11-18(14-4-5-14)19(12-17)15-6-8-16(23)9-7-15/h6-14H,3-5H2,1-2H3. The van der Waals surface area contributed by atoms with Crippen molar-refractivity contribution >= 4 is 28.1 Å². The molecule has 0 bridgehead atoms. The molecule has 4 nitrogen and oxygen atoms in total. The van der Waals surface area contributed by atoms with Gasteiger partial charge in [0.2, 0.25) is 0 Å². The van der Waals surface area contributed by atoms with Crippen molar-refractivity contribution in [2.45, 2.75) is 25.7 Å². The predicted molar refractivity (Wildman–Crippen MR) is 110 cm³/mol. The minimum Gasteiger partial charge on any atom is -0.465 e. The van der Waals surface area contributed by atoms with Gasteiger partial charge >= 0.3 is 5.97 Å². The molecule has 0 spiro atoms. The smallest absolute Gasteiger partial charge is 0.349 e. The summed E-state index contributed by atoms with van der Waals surface area (Å²) in [5.74, 6) is -0.0351. The molecular weight excluding hydrogens is 375 g/mol. The number of esters is 1. The number of rotatable bonds is 6. The number of anilines is 2. The Bertz CT molecular complexity index is 996. The van der Waals surface area contributed by atoms with Crippen molar-refractivity contribution in [2.24, 2.45) is 0 Å². The SMILES string of the molecule is CCN(c1ccc(C2CC2)c(-c2ccc(F)cc2)c1)c1ncc(C(=O)OC)s1. The van der Waals surface area contributed by atoms with Crippen LogP contribution in [0.3, 0.4) is 0 Å². The van der Waals surface area contributed by atoms with Gasteiger partial charge in [-0.15, -0.1) is 0 Å². The fourth-order valence-corrected chi connectivity index (χ4v) is 4.27. The lowest BCUT2D eigenvalue weighted by Gasteiger charge is -2.22. The summed E-state index contributed by atoms with van der Waals surface area (Å²) < 4.78 is 18.2. The van der Waals surface area contributed by atoms with Crippen molar-refractivity contribution in [1.29, 1.82) is 0 Å². The van der Waals surface area contributed by atoms with Gasteiger partial charge in [-0.25, -0.2) is 14.2 Å². The van der Waals surface area contributed by atoms with Gasteiger partial charge in [-0.3, -0.25) is 0 Å². The first-order valence-electron chi connectivity index (χ1n) is 9.32. The lowest BCUT2D eigenvalue weighted by Crippen LogP contribution is -2.15. The maximum Gasteiger partial charge on any atom is 0.349 e. The van der Waals surface area contributed by atoms with Crippen molar-refractivity contribution in [3.63, 3.8) is 0 Å². The Hall–Kier alpha value is -2.73. The van der Waals surface area contributed by atoms with Crippen LogP contribution in [0.15, 0.2) is 48.7 Å². The summed E-state index contributed by atoms with van der Waals surface area (Å²) >= 11 is 1.31. The molecule has 1 fully saturated rings. The third-order valence-electron chi connectivity index (χ3n) is 4.95. The van der Waals surface area contributed by atoms with Crippen LogP contribution in [0.2, 0.25) is 0 Å². The van der Waals surface area contributed by atoms with Gasteiger partial charge in [0, 0.05) is 12.2 Å². The quantitative estimate of drug-likeness (QED) is 0.496. The van der Waals surface area contributed by atoms with Crippen LogP contribution in [0, 0.1) is 5.82 Å². The van der Waals surface area contributed by atoms with Gasteiger partial charge in [-0.05, 0) is 66.6 Å². The van der Waals surface area contributed by atoms with Gasteiger partial charge in [0.05, 0.1) is 13.3 Å². The molecule has 1 aliphatic rings. The van der Waals surface area contributed by atoms with E-state index in [1.165, 1.54) is 49.0 Å². The van der Waals surface area contributed by atoms with Crippen molar-refractivity contribution in [1.82, 2.24) is 4.98 Å². The van der Waals surface area contributed by atoms with E-state index in [1.54, 1.807) is 6.20 Å². The summed E-state index contributed by atoms with van der Waals surface area (Å²) in [6.45, 7) is 2.76.